The van der Waals surface area contributed by atoms with Gasteiger partial charge in [-0.25, -0.2) is 23.1 Å². The predicted molar refractivity (Wildman–Crippen MR) is 145 cm³/mol. The number of carbonyl (C=O) groups is 1. The second kappa shape index (κ2) is 11.4. The Balaban J connectivity index is 1.49. The van der Waals surface area contributed by atoms with Gasteiger partial charge in [0, 0.05) is 23.5 Å². The first kappa shape index (κ1) is 27.6. The van der Waals surface area contributed by atoms with E-state index in [-0.39, 0.29) is 28.6 Å². The Morgan fingerprint density at radius 3 is 2.22 bits per heavy atom. The van der Waals surface area contributed by atoms with Crippen LogP contribution in [-0.4, -0.2) is 30.9 Å². The molecule has 3 aromatic rings. The molecule has 0 unspecified atom stereocenters. The third-order valence-corrected chi connectivity index (χ3v) is 7.22. The summed E-state index contributed by atoms with van der Waals surface area (Å²) >= 11 is 3.55. The number of anilines is 2. The zero-order valence-electron chi connectivity index (χ0n) is 21.1. The monoisotopic (exact) mass is 574 g/mol. The normalized spacial score (nSPS) is 11.7. The second-order valence-corrected chi connectivity index (χ2v) is 12.0. The smallest absolute Gasteiger partial charge is 0.264 e. The Morgan fingerprint density at radius 1 is 1.00 bits per heavy atom. The van der Waals surface area contributed by atoms with Crippen LogP contribution in [0.2, 0.25) is 0 Å². The van der Waals surface area contributed by atoms with Crippen LogP contribution in [-0.2, 0) is 20.2 Å². The van der Waals surface area contributed by atoms with Crippen LogP contribution in [0.1, 0.15) is 50.6 Å². The van der Waals surface area contributed by atoms with E-state index in [0.717, 1.165) is 10.2 Å². The summed E-state index contributed by atoms with van der Waals surface area (Å²) in [6, 6.07) is 13.7. The second-order valence-electron chi connectivity index (χ2n) is 9.50. The number of halogens is 1. The first-order valence-electron chi connectivity index (χ1n) is 11.5. The van der Waals surface area contributed by atoms with Gasteiger partial charge in [-0.1, -0.05) is 26.8 Å². The number of aromatic nitrogens is 2. The van der Waals surface area contributed by atoms with Crippen molar-refractivity contribution < 1.29 is 17.9 Å². The van der Waals surface area contributed by atoms with Crippen LogP contribution >= 0.6 is 15.9 Å². The highest BCUT2D eigenvalue weighted by molar-refractivity contribution is 9.10. The van der Waals surface area contributed by atoms with E-state index in [4.69, 9.17) is 4.74 Å². The first-order valence-corrected chi connectivity index (χ1v) is 13.8. The van der Waals surface area contributed by atoms with Crippen LogP contribution in [0.3, 0.4) is 0 Å². The number of rotatable bonds is 9. The summed E-state index contributed by atoms with van der Waals surface area (Å²) in [5.41, 5.74) is 3.08. The van der Waals surface area contributed by atoms with Gasteiger partial charge in [0.25, 0.3) is 10.0 Å². The number of hydrogen-bond acceptors (Lipinski definition) is 6. The molecule has 1 aromatic heterocycles. The maximum absolute atomic E-state index is 12.6. The zero-order valence-corrected chi connectivity index (χ0v) is 23.5. The summed E-state index contributed by atoms with van der Waals surface area (Å²) in [4.78, 5) is 20.6. The maximum Gasteiger partial charge on any atom is 0.264 e. The van der Waals surface area contributed by atoms with Crippen molar-refractivity contribution in [2.75, 3.05) is 16.6 Å². The predicted octanol–water partition coefficient (Wildman–Crippen LogP) is 5.75. The number of benzene rings is 2. The van der Waals surface area contributed by atoms with Gasteiger partial charge in [-0.15, -0.1) is 0 Å². The van der Waals surface area contributed by atoms with Crippen molar-refractivity contribution in [1.82, 2.24) is 9.97 Å². The molecule has 0 radical (unpaired) electrons. The lowest BCUT2D eigenvalue weighted by Crippen LogP contribution is -2.16. The van der Waals surface area contributed by atoms with Crippen molar-refractivity contribution in [3.05, 3.63) is 70.0 Å². The van der Waals surface area contributed by atoms with Crippen LogP contribution in [0.15, 0.2) is 57.9 Å². The van der Waals surface area contributed by atoms with Crippen molar-refractivity contribution in [1.29, 1.82) is 0 Å². The average molecular weight is 576 g/mol. The Labute approximate surface area is 221 Å². The molecule has 2 aromatic carbocycles. The van der Waals surface area contributed by atoms with Gasteiger partial charge < -0.3 is 10.1 Å². The number of amides is 1. The third-order valence-electron chi connectivity index (χ3n) is 5.26. The Hall–Kier alpha value is -2.98. The van der Waals surface area contributed by atoms with E-state index >= 15 is 0 Å². The molecule has 0 saturated carbocycles. The highest BCUT2D eigenvalue weighted by Gasteiger charge is 2.17. The van der Waals surface area contributed by atoms with Gasteiger partial charge in [-0.05, 0) is 89.6 Å². The van der Waals surface area contributed by atoms with E-state index in [9.17, 15) is 13.2 Å². The number of nitrogens with zero attached hydrogens (tertiary/aromatic N) is 2. The van der Waals surface area contributed by atoms with Crippen molar-refractivity contribution in [3.63, 3.8) is 0 Å². The molecule has 1 amide bonds. The van der Waals surface area contributed by atoms with E-state index in [1.165, 1.54) is 17.7 Å². The van der Waals surface area contributed by atoms with E-state index in [0.29, 0.717) is 30.1 Å². The number of ether oxygens (including phenoxy) is 1. The molecule has 36 heavy (non-hydrogen) atoms. The maximum atomic E-state index is 12.6. The number of sulfonamides is 1. The molecule has 0 atom stereocenters. The molecule has 0 aliphatic heterocycles. The number of nitrogens with one attached hydrogen (secondary N) is 2. The van der Waals surface area contributed by atoms with E-state index in [1.807, 2.05) is 12.1 Å². The fraction of sp³-hybridized carbons (Fsp3) is 0.346. The quantitative estimate of drug-likeness (QED) is 0.315. The standard InChI is InChI=1S/C26H31BrN4O4S/c1-17-15-18(2)29-25(28-17)31-36(33,34)21-11-9-20(10-12-21)30-24(32)7-6-14-35-23-13-8-19(16-22(23)27)26(3,4)5/h8-13,15-16H,6-7,14H2,1-5H3,(H,30,32)(H,28,29,31). The van der Waals surface area contributed by atoms with Gasteiger partial charge in [0.1, 0.15) is 5.75 Å². The molecule has 2 N–H and O–H groups in total. The SMILES string of the molecule is Cc1cc(C)nc(NS(=O)(=O)c2ccc(NC(=O)CCCOc3ccc(C(C)(C)C)cc3Br)cc2)n1. The minimum atomic E-state index is -3.86. The van der Waals surface area contributed by atoms with Crippen LogP contribution in [0.25, 0.3) is 0 Å². The molecule has 0 saturated heterocycles. The van der Waals surface area contributed by atoms with Gasteiger partial charge in [-0.2, -0.15) is 0 Å². The molecule has 0 aliphatic carbocycles. The Morgan fingerprint density at radius 2 is 1.64 bits per heavy atom. The minimum Gasteiger partial charge on any atom is -0.492 e. The lowest BCUT2D eigenvalue weighted by Gasteiger charge is -2.20. The molecule has 0 bridgehead atoms. The molecule has 0 aliphatic rings. The van der Waals surface area contributed by atoms with E-state index in [1.54, 1.807) is 32.0 Å². The van der Waals surface area contributed by atoms with Gasteiger partial charge in [0.15, 0.2) is 0 Å². The number of carbonyl (C=O) groups excluding carboxylic acids is 1. The highest BCUT2D eigenvalue weighted by Crippen LogP contribution is 2.31. The highest BCUT2D eigenvalue weighted by atomic mass is 79.9. The topological polar surface area (TPSA) is 110 Å². The summed E-state index contributed by atoms with van der Waals surface area (Å²) in [6.45, 7) is 10.4. The summed E-state index contributed by atoms with van der Waals surface area (Å²) < 4.78 is 34.4. The van der Waals surface area contributed by atoms with Crippen molar-refractivity contribution >= 4 is 43.5 Å². The number of hydrogen-bond donors (Lipinski definition) is 2. The molecule has 1 heterocycles. The summed E-state index contributed by atoms with van der Waals surface area (Å²) in [5, 5.41) is 2.78. The summed E-state index contributed by atoms with van der Waals surface area (Å²) in [6.07, 6.45) is 0.801. The lowest BCUT2D eigenvalue weighted by molar-refractivity contribution is -0.116. The molecule has 0 fully saturated rings. The molecule has 8 nitrogen and oxygen atoms in total. The minimum absolute atomic E-state index is 0.0178. The molecule has 10 heteroatoms. The molecule has 0 spiro atoms. The molecular weight excluding hydrogens is 544 g/mol. The number of aryl methyl sites for hydroxylation is 2. The van der Waals surface area contributed by atoms with Gasteiger partial charge in [-0.3, -0.25) is 4.79 Å². The van der Waals surface area contributed by atoms with Gasteiger partial charge >= 0.3 is 0 Å². The summed E-state index contributed by atoms with van der Waals surface area (Å²) in [5.74, 6) is 0.572. The average Bonchev–Trinajstić information content (AvgIpc) is 2.76. The molecular formula is C26H31BrN4O4S. The van der Waals surface area contributed by atoms with Crippen molar-refractivity contribution in [2.45, 2.75) is 57.8 Å². The van der Waals surface area contributed by atoms with Gasteiger partial charge in [0.2, 0.25) is 11.9 Å². The van der Waals surface area contributed by atoms with Crippen LogP contribution < -0.4 is 14.8 Å². The zero-order chi connectivity index (χ0) is 26.5. The van der Waals surface area contributed by atoms with Crippen molar-refractivity contribution in [2.24, 2.45) is 0 Å². The first-order chi connectivity index (χ1) is 16.8. The summed E-state index contributed by atoms with van der Waals surface area (Å²) in [7, 11) is -3.86. The van der Waals surface area contributed by atoms with Crippen LogP contribution in [0, 0.1) is 13.8 Å². The van der Waals surface area contributed by atoms with E-state index < -0.39 is 10.0 Å². The van der Waals surface area contributed by atoms with Crippen LogP contribution in [0.5, 0.6) is 5.75 Å². The Bertz CT molecular complexity index is 1320. The molecule has 192 valence electrons. The fourth-order valence-electron chi connectivity index (χ4n) is 3.39. The molecule has 3 rings (SSSR count). The van der Waals surface area contributed by atoms with E-state index in [2.05, 4.69) is 62.8 Å². The van der Waals surface area contributed by atoms with Gasteiger partial charge in [0.05, 0.1) is 16.0 Å². The Kier molecular flexibility index (Phi) is 8.73. The lowest BCUT2D eigenvalue weighted by atomic mass is 9.87. The van der Waals surface area contributed by atoms with Crippen molar-refractivity contribution in [3.8, 4) is 5.75 Å². The van der Waals surface area contributed by atoms with Crippen LogP contribution in [0.4, 0.5) is 11.6 Å². The largest absolute Gasteiger partial charge is 0.492 e. The fourth-order valence-corrected chi connectivity index (χ4v) is 4.83. The third kappa shape index (κ3) is 7.76.